The van der Waals surface area contributed by atoms with Gasteiger partial charge in [0.1, 0.15) is 0 Å². The molecule has 1 aliphatic rings. The molecule has 7 nitrogen and oxygen atoms in total. The Balaban J connectivity index is 1.41. The molecule has 0 unspecified atom stereocenters. The first kappa shape index (κ1) is 18.0. The molecule has 4 rings (SSSR count). The van der Waals surface area contributed by atoms with E-state index in [1.807, 2.05) is 25.2 Å². The second kappa shape index (κ2) is 7.34. The first-order valence-corrected chi connectivity index (χ1v) is 9.36. The average Bonchev–Trinajstić information content (AvgIpc) is 3.05. The number of para-hydroxylation sites is 2. The van der Waals surface area contributed by atoms with Gasteiger partial charge in [0.05, 0.1) is 11.0 Å². The number of urea groups is 1. The zero-order chi connectivity index (χ0) is 19.7. The zero-order valence-electron chi connectivity index (χ0n) is 16.1. The summed E-state index contributed by atoms with van der Waals surface area (Å²) in [6, 6.07) is 14.9. The van der Waals surface area contributed by atoms with Gasteiger partial charge in [-0.05, 0) is 31.2 Å². The molecule has 2 aromatic carbocycles. The van der Waals surface area contributed by atoms with Crippen molar-refractivity contribution in [2.45, 2.75) is 6.92 Å². The highest BCUT2D eigenvalue weighted by Crippen LogP contribution is 2.22. The molecule has 0 bridgehead atoms. The molecule has 1 N–H and O–H groups in total. The minimum Gasteiger partial charge on any atom is -0.339 e. The van der Waals surface area contributed by atoms with E-state index >= 15 is 0 Å². The molecular formula is C21H23N5O2. The summed E-state index contributed by atoms with van der Waals surface area (Å²) in [6.07, 6.45) is 0. The smallest absolute Gasteiger partial charge is 0.321 e. The van der Waals surface area contributed by atoms with Crippen LogP contribution in [-0.2, 0) is 7.05 Å². The molecule has 1 fully saturated rings. The maximum absolute atomic E-state index is 12.6. The minimum absolute atomic E-state index is 0.0211. The molecule has 0 aliphatic carbocycles. The van der Waals surface area contributed by atoms with Crippen molar-refractivity contribution in [2.24, 2.45) is 7.05 Å². The Labute approximate surface area is 163 Å². The lowest BCUT2D eigenvalue weighted by Crippen LogP contribution is -2.50. The Bertz CT molecular complexity index is 1030. The molecule has 7 heteroatoms. The maximum atomic E-state index is 12.6. The molecule has 0 saturated carbocycles. The highest BCUT2D eigenvalue weighted by atomic mass is 16.2. The zero-order valence-corrected chi connectivity index (χ0v) is 16.1. The van der Waals surface area contributed by atoms with Crippen molar-refractivity contribution in [1.82, 2.24) is 14.5 Å². The minimum atomic E-state index is -0.148. The fraction of sp³-hybridized carbons (Fsp3) is 0.286. The van der Waals surface area contributed by atoms with Crippen molar-refractivity contribution in [1.29, 1.82) is 0 Å². The van der Waals surface area contributed by atoms with Crippen molar-refractivity contribution >= 4 is 34.5 Å². The molecule has 1 saturated heterocycles. The molecule has 144 valence electrons. The van der Waals surface area contributed by atoms with Gasteiger partial charge < -0.3 is 19.7 Å². The highest BCUT2D eigenvalue weighted by Gasteiger charge is 2.24. The van der Waals surface area contributed by atoms with Crippen molar-refractivity contribution in [3.05, 3.63) is 54.1 Å². The largest absolute Gasteiger partial charge is 0.339 e. The van der Waals surface area contributed by atoms with E-state index in [0.29, 0.717) is 24.3 Å². The van der Waals surface area contributed by atoms with E-state index in [2.05, 4.69) is 20.9 Å². The van der Waals surface area contributed by atoms with Gasteiger partial charge in [0.25, 0.3) is 0 Å². The van der Waals surface area contributed by atoms with Gasteiger partial charge in [0.15, 0.2) is 5.78 Å². The van der Waals surface area contributed by atoms with Crippen LogP contribution >= 0.6 is 0 Å². The van der Waals surface area contributed by atoms with E-state index in [1.165, 1.54) is 6.92 Å². The molecule has 1 aromatic heterocycles. The van der Waals surface area contributed by atoms with E-state index in [0.717, 1.165) is 30.1 Å². The van der Waals surface area contributed by atoms with Gasteiger partial charge in [-0.25, -0.2) is 9.78 Å². The van der Waals surface area contributed by atoms with E-state index < -0.39 is 0 Å². The normalized spacial score (nSPS) is 14.4. The van der Waals surface area contributed by atoms with E-state index in [4.69, 9.17) is 4.98 Å². The van der Waals surface area contributed by atoms with Gasteiger partial charge in [0.2, 0.25) is 5.95 Å². The Hall–Kier alpha value is -3.35. The second-order valence-electron chi connectivity index (χ2n) is 7.00. The summed E-state index contributed by atoms with van der Waals surface area (Å²) >= 11 is 0. The van der Waals surface area contributed by atoms with Crippen LogP contribution in [0.2, 0.25) is 0 Å². The number of benzene rings is 2. The van der Waals surface area contributed by atoms with Gasteiger partial charge in [0, 0.05) is 44.5 Å². The van der Waals surface area contributed by atoms with Crippen LogP contribution in [0.25, 0.3) is 11.0 Å². The molecule has 0 spiro atoms. The number of aryl methyl sites for hydroxylation is 1. The van der Waals surface area contributed by atoms with Gasteiger partial charge >= 0.3 is 6.03 Å². The fourth-order valence-corrected chi connectivity index (χ4v) is 3.54. The number of carbonyl (C=O) groups is 2. The van der Waals surface area contributed by atoms with Gasteiger partial charge in [-0.1, -0.05) is 24.3 Å². The number of anilines is 2. The number of fused-ring (bicyclic) bond motifs is 1. The van der Waals surface area contributed by atoms with Crippen LogP contribution in [0, 0.1) is 0 Å². The van der Waals surface area contributed by atoms with Crippen molar-refractivity contribution in [2.75, 3.05) is 36.4 Å². The standard InChI is InChI=1S/C21H23N5O2/c1-15(27)16-6-5-7-17(14-16)22-21(28)26-12-10-25(11-13-26)20-23-18-8-3-4-9-19(18)24(20)2/h3-9,14H,10-13H2,1-2H3,(H,22,28). The molecule has 3 aromatic rings. The summed E-state index contributed by atoms with van der Waals surface area (Å²) in [6.45, 7) is 4.18. The average molecular weight is 377 g/mol. The van der Waals surface area contributed by atoms with Crippen LogP contribution in [0.5, 0.6) is 0 Å². The summed E-state index contributed by atoms with van der Waals surface area (Å²) in [5, 5.41) is 2.89. The number of nitrogens with one attached hydrogen (secondary N) is 1. The van der Waals surface area contributed by atoms with Crippen LogP contribution in [0.3, 0.4) is 0 Å². The number of Topliss-reactive ketones (excluding diaryl/α,β-unsaturated/α-hetero) is 1. The number of hydrogen-bond donors (Lipinski definition) is 1. The highest BCUT2D eigenvalue weighted by molar-refractivity contribution is 5.96. The second-order valence-corrected chi connectivity index (χ2v) is 7.00. The first-order valence-electron chi connectivity index (χ1n) is 9.36. The third kappa shape index (κ3) is 3.43. The van der Waals surface area contributed by atoms with Crippen LogP contribution in [0.1, 0.15) is 17.3 Å². The number of imidazole rings is 1. The quantitative estimate of drug-likeness (QED) is 0.712. The number of piperazine rings is 1. The van der Waals surface area contributed by atoms with E-state index in [9.17, 15) is 9.59 Å². The lowest BCUT2D eigenvalue weighted by molar-refractivity contribution is 0.101. The number of aromatic nitrogens is 2. The Kier molecular flexibility index (Phi) is 4.73. The van der Waals surface area contributed by atoms with E-state index in [-0.39, 0.29) is 11.8 Å². The molecular weight excluding hydrogens is 354 g/mol. The molecule has 28 heavy (non-hydrogen) atoms. The molecule has 0 atom stereocenters. The number of carbonyl (C=O) groups excluding carboxylic acids is 2. The number of nitrogens with zero attached hydrogens (tertiary/aromatic N) is 4. The summed E-state index contributed by atoms with van der Waals surface area (Å²) in [5.41, 5.74) is 3.30. The summed E-state index contributed by atoms with van der Waals surface area (Å²) in [4.78, 5) is 32.8. The third-order valence-electron chi connectivity index (χ3n) is 5.13. The summed E-state index contributed by atoms with van der Waals surface area (Å²) < 4.78 is 2.10. The molecule has 0 radical (unpaired) electrons. The predicted octanol–water partition coefficient (Wildman–Crippen LogP) is 3.13. The molecule has 1 aliphatic heterocycles. The van der Waals surface area contributed by atoms with Gasteiger partial charge in [-0.15, -0.1) is 0 Å². The number of ketones is 1. The topological polar surface area (TPSA) is 70.5 Å². The van der Waals surface area contributed by atoms with Crippen molar-refractivity contribution < 1.29 is 9.59 Å². The molecule has 2 heterocycles. The SMILES string of the molecule is CC(=O)c1cccc(NC(=O)N2CCN(c3nc4ccccc4n3C)CC2)c1. The van der Waals surface area contributed by atoms with Crippen LogP contribution < -0.4 is 10.2 Å². The van der Waals surface area contributed by atoms with Crippen LogP contribution in [0.4, 0.5) is 16.4 Å². The Morgan fingerprint density at radius 3 is 2.46 bits per heavy atom. The monoisotopic (exact) mass is 377 g/mol. The van der Waals surface area contributed by atoms with Gasteiger partial charge in [-0.3, -0.25) is 4.79 Å². The van der Waals surface area contributed by atoms with Crippen molar-refractivity contribution in [3.63, 3.8) is 0 Å². The summed E-state index contributed by atoms with van der Waals surface area (Å²) in [7, 11) is 2.02. The maximum Gasteiger partial charge on any atom is 0.321 e. The van der Waals surface area contributed by atoms with Crippen molar-refractivity contribution in [3.8, 4) is 0 Å². The number of hydrogen-bond acceptors (Lipinski definition) is 4. The lowest BCUT2D eigenvalue weighted by Gasteiger charge is -2.35. The summed E-state index contributed by atoms with van der Waals surface area (Å²) in [5.74, 6) is 0.905. The third-order valence-corrected chi connectivity index (χ3v) is 5.13. The first-order chi connectivity index (χ1) is 13.5. The number of rotatable bonds is 3. The van der Waals surface area contributed by atoms with Crippen LogP contribution in [0.15, 0.2) is 48.5 Å². The Morgan fingerprint density at radius 2 is 1.75 bits per heavy atom. The predicted molar refractivity (Wildman–Crippen MR) is 110 cm³/mol. The Morgan fingerprint density at radius 1 is 1.00 bits per heavy atom. The van der Waals surface area contributed by atoms with E-state index in [1.54, 1.807) is 29.2 Å². The van der Waals surface area contributed by atoms with Gasteiger partial charge in [-0.2, -0.15) is 0 Å². The fourth-order valence-electron chi connectivity index (χ4n) is 3.54. The van der Waals surface area contributed by atoms with Crippen LogP contribution in [-0.4, -0.2) is 52.4 Å². The molecule has 2 amide bonds. The number of amides is 2. The lowest BCUT2D eigenvalue weighted by atomic mass is 10.1.